The van der Waals surface area contributed by atoms with Crippen LogP contribution in [0.2, 0.25) is 0 Å². The number of nitrogens with zero attached hydrogens (tertiary/aromatic N) is 2. The fraction of sp³-hybridized carbons (Fsp3) is 0.350. The number of aromatic nitrogens is 2. The smallest absolute Gasteiger partial charge is 0.123 e. The van der Waals surface area contributed by atoms with Gasteiger partial charge in [-0.3, -0.25) is 0 Å². The van der Waals surface area contributed by atoms with Gasteiger partial charge in [0.15, 0.2) is 0 Å². The van der Waals surface area contributed by atoms with Gasteiger partial charge < -0.3 is 20.9 Å². The summed E-state index contributed by atoms with van der Waals surface area (Å²) in [7, 11) is 2.25. The first-order valence-electron chi connectivity index (χ1n) is 8.96. The molecule has 4 N–H and O–H groups in total. The summed E-state index contributed by atoms with van der Waals surface area (Å²) in [6.07, 6.45) is 6.30. The Morgan fingerprint density at radius 3 is 3.04 bits per heavy atom. The molecule has 3 atom stereocenters. The van der Waals surface area contributed by atoms with E-state index in [-0.39, 0.29) is 0 Å². The second-order valence-corrected chi connectivity index (χ2v) is 7.45. The molecule has 2 unspecified atom stereocenters. The lowest BCUT2D eigenvalue weighted by molar-refractivity contribution is 0.147. The molecule has 1 saturated heterocycles. The van der Waals surface area contributed by atoms with Gasteiger partial charge in [0, 0.05) is 41.6 Å². The highest BCUT2D eigenvalue weighted by Crippen LogP contribution is 2.43. The van der Waals surface area contributed by atoms with E-state index in [1.807, 2.05) is 18.3 Å². The van der Waals surface area contributed by atoms with Crippen LogP contribution in [0.15, 0.2) is 42.7 Å². The van der Waals surface area contributed by atoms with Gasteiger partial charge in [-0.2, -0.15) is 0 Å². The lowest BCUT2D eigenvalue weighted by Gasteiger charge is -2.45. The quantitative estimate of drug-likeness (QED) is 0.674. The highest BCUT2D eigenvalue weighted by Gasteiger charge is 2.39. The molecule has 1 aromatic carbocycles. The molecular weight excluding hydrogens is 310 g/mol. The zero-order valence-electron chi connectivity index (χ0n) is 14.4. The van der Waals surface area contributed by atoms with Gasteiger partial charge in [0.05, 0.1) is 11.9 Å². The van der Waals surface area contributed by atoms with Crippen molar-refractivity contribution in [1.29, 1.82) is 0 Å². The highest BCUT2D eigenvalue weighted by atomic mass is 15.2. The van der Waals surface area contributed by atoms with Crippen LogP contribution < -0.4 is 11.1 Å². The first-order valence-corrected chi connectivity index (χ1v) is 8.96. The van der Waals surface area contributed by atoms with Gasteiger partial charge in [-0.15, -0.1) is 0 Å². The minimum absolute atomic E-state index is 0.410. The number of likely N-dealkylation sites (N-methyl/N-ethyl adjacent to an activating group) is 1. The van der Waals surface area contributed by atoms with Crippen molar-refractivity contribution in [2.24, 2.45) is 0 Å². The summed E-state index contributed by atoms with van der Waals surface area (Å²) in [5.74, 6) is 1.12. The molecule has 3 aromatic rings. The van der Waals surface area contributed by atoms with Gasteiger partial charge in [-0.1, -0.05) is 12.1 Å². The van der Waals surface area contributed by atoms with Gasteiger partial charge >= 0.3 is 0 Å². The molecule has 0 spiro atoms. The Labute approximate surface area is 147 Å². The number of piperidine rings is 1. The fourth-order valence-electron chi connectivity index (χ4n) is 4.77. The first-order chi connectivity index (χ1) is 12.2. The molecule has 128 valence electrons. The summed E-state index contributed by atoms with van der Waals surface area (Å²) >= 11 is 0. The average Bonchev–Trinajstić information content (AvgIpc) is 3.03. The Hall–Kier alpha value is -2.53. The number of nitrogens with one attached hydrogen (secondary N) is 2. The van der Waals surface area contributed by atoms with E-state index < -0.39 is 0 Å². The van der Waals surface area contributed by atoms with Crippen molar-refractivity contribution in [1.82, 2.24) is 14.9 Å². The maximum absolute atomic E-state index is 5.70. The third-order valence-electron chi connectivity index (χ3n) is 5.88. The minimum Gasteiger partial charge on any atom is -0.384 e. The minimum atomic E-state index is 0.410. The largest absolute Gasteiger partial charge is 0.384 e. The Morgan fingerprint density at radius 1 is 1.28 bits per heavy atom. The standard InChI is InChI=1S/C20H23N5/c1-25-11-14(24-13-5-6-19(21)23-10-13)8-16-15-3-2-4-17-20(15)12(9-22-17)7-18(16)25/h2-6,9-10,14,16,18,22,24H,7-8,11H2,1H3,(H2,21,23)/t14?,16?,18-/m1/s1. The Balaban J connectivity index is 1.47. The van der Waals surface area contributed by atoms with Crippen LogP contribution in [0.4, 0.5) is 11.5 Å². The summed E-state index contributed by atoms with van der Waals surface area (Å²) in [6, 6.07) is 11.5. The molecular formula is C20H23N5. The number of benzene rings is 1. The summed E-state index contributed by atoms with van der Waals surface area (Å²) in [6.45, 7) is 1.04. The molecule has 3 heterocycles. The van der Waals surface area contributed by atoms with Crippen molar-refractivity contribution in [3.8, 4) is 0 Å². The number of rotatable bonds is 2. The van der Waals surface area contributed by atoms with Crippen LogP contribution in [-0.2, 0) is 6.42 Å². The predicted octanol–water partition coefficient (Wildman–Crippen LogP) is 2.97. The van der Waals surface area contributed by atoms with Crippen LogP contribution in [0.5, 0.6) is 0 Å². The predicted molar refractivity (Wildman–Crippen MR) is 102 cm³/mol. The molecule has 5 heteroatoms. The third-order valence-corrected chi connectivity index (χ3v) is 5.88. The number of nitrogens with two attached hydrogens (primary N) is 1. The van der Waals surface area contributed by atoms with Crippen LogP contribution in [-0.4, -0.2) is 40.5 Å². The van der Waals surface area contributed by atoms with Crippen molar-refractivity contribution >= 4 is 22.4 Å². The van der Waals surface area contributed by atoms with Crippen molar-refractivity contribution in [3.05, 3.63) is 53.9 Å². The van der Waals surface area contributed by atoms with Crippen molar-refractivity contribution < 1.29 is 0 Å². The van der Waals surface area contributed by atoms with E-state index in [1.54, 1.807) is 0 Å². The van der Waals surface area contributed by atoms with Crippen LogP contribution in [0, 0.1) is 0 Å². The van der Waals surface area contributed by atoms with Gasteiger partial charge in [0.2, 0.25) is 0 Å². The molecule has 5 rings (SSSR count). The summed E-state index contributed by atoms with van der Waals surface area (Å²) in [5, 5.41) is 5.10. The maximum Gasteiger partial charge on any atom is 0.123 e. The van der Waals surface area contributed by atoms with E-state index in [2.05, 4.69) is 51.6 Å². The zero-order chi connectivity index (χ0) is 17.0. The molecule has 0 radical (unpaired) electrons. The van der Waals surface area contributed by atoms with Gasteiger partial charge in [-0.05, 0) is 49.2 Å². The van der Waals surface area contributed by atoms with Crippen LogP contribution in [0.25, 0.3) is 10.9 Å². The molecule has 25 heavy (non-hydrogen) atoms. The number of hydrogen-bond acceptors (Lipinski definition) is 4. The molecule has 0 saturated carbocycles. The van der Waals surface area contributed by atoms with Crippen molar-refractivity contribution in [2.45, 2.75) is 30.8 Å². The van der Waals surface area contributed by atoms with Crippen molar-refractivity contribution in [2.75, 3.05) is 24.6 Å². The molecule has 0 amide bonds. The van der Waals surface area contributed by atoms with Crippen LogP contribution in [0.3, 0.4) is 0 Å². The fourth-order valence-corrected chi connectivity index (χ4v) is 4.77. The summed E-state index contributed by atoms with van der Waals surface area (Å²) < 4.78 is 0. The van der Waals surface area contributed by atoms with E-state index in [1.165, 1.54) is 22.0 Å². The SMILES string of the molecule is CN1CC(Nc2ccc(N)nc2)CC2c3cccc4[nH]cc(c34)C[C@H]21. The number of aromatic amines is 1. The highest BCUT2D eigenvalue weighted by molar-refractivity contribution is 5.88. The molecule has 1 aliphatic carbocycles. The number of fused-ring (bicyclic) bond motifs is 2. The van der Waals surface area contributed by atoms with E-state index in [4.69, 9.17) is 5.73 Å². The maximum atomic E-state index is 5.70. The van der Waals surface area contributed by atoms with E-state index in [0.29, 0.717) is 23.8 Å². The second kappa shape index (κ2) is 5.49. The third kappa shape index (κ3) is 2.38. The normalized spacial score (nSPS) is 25.7. The van der Waals surface area contributed by atoms with E-state index in [0.717, 1.165) is 25.1 Å². The number of likely N-dealkylation sites (tertiary alicyclic amines) is 1. The molecule has 1 aliphatic heterocycles. The molecule has 2 aromatic heterocycles. The number of nitrogen functional groups attached to an aromatic ring is 1. The average molecular weight is 333 g/mol. The monoisotopic (exact) mass is 333 g/mol. The zero-order valence-corrected chi connectivity index (χ0v) is 14.4. The summed E-state index contributed by atoms with van der Waals surface area (Å²) in [4.78, 5) is 10.2. The second-order valence-electron chi connectivity index (χ2n) is 7.45. The number of hydrogen-bond donors (Lipinski definition) is 3. The molecule has 5 nitrogen and oxygen atoms in total. The molecule has 0 bridgehead atoms. The number of pyridine rings is 1. The van der Waals surface area contributed by atoms with Gasteiger partial charge in [0.25, 0.3) is 0 Å². The van der Waals surface area contributed by atoms with Crippen LogP contribution >= 0.6 is 0 Å². The number of anilines is 2. The Morgan fingerprint density at radius 2 is 2.20 bits per heavy atom. The van der Waals surface area contributed by atoms with Crippen molar-refractivity contribution in [3.63, 3.8) is 0 Å². The summed E-state index contributed by atoms with van der Waals surface area (Å²) in [5.41, 5.74) is 11.0. The molecule has 2 aliphatic rings. The lowest BCUT2D eigenvalue weighted by Crippen LogP contribution is -2.51. The Kier molecular flexibility index (Phi) is 3.25. The van der Waals surface area contributed by atoms with Gasteiger partial charge in [0.1, 0.15) is 5.82 Å². The lowest BCUT2D eigenvalue weighted by atomic mass is 9.74. The van der Waals surface area contributed by atoms with Gasteiger partial charge in [-0.25, -0.2) is 4.98 Å². The Bertz CT molecular complexity index is 913. The number of H-pyrrole nitrogens is 1. The van der Waals surface area contributed by atoms with E-state index in [9.17, 15) is 0 Å². The molecule has 1 fully saturated rings. The topological polar surface area (TPSA) is 70.0 Å². The van der Waals surface area contributed by atoms with Crippen LogP contribution in [0.1, 0.15) is 23.5 Å². The first kappa shape index (κ1) is 14.8. The van der Waals surface area contributed by atoms with E-state index >= 15 is 0 Å².